The van der Waals surface area contributed by atoms with Gasteiger partial charge in [-0.3, -0.25) is 0 Å². The van der Waals surface area contributed by atoms with Crippen molar-refractivity contribution in [2.24, 2.45) is 0 Å². The van der Waals surface area contributed by atoms with E-state index >= 15 is 0 Å². The molecule has 1 atom stereocenters. The number of nitrogens with zero attached hydrogens (tertiary/aromatic N) is 2. The molecule has 0 radical (unpaired) electrons. The summed E-state index contributed by atoms with van der Waals surface area (Å²) in [7, 11) is 0. The van der Waals surface area contributed by atoms with E-state index in [-0.39, 0.29) is 12.1 Å². The Morgan fingerprint density at radius 1 is 1.19 bits per heavy atom. The van der Waals surface area contributed by atoms with Crippen LogP contribution < -0.4 is 5.32 Å². The average Bonchev–Trinajstić information content (AvgIpc) is 3.09. The van der Waals surface area contributed by atoms with E-state index in [1.54, 1.807) is 0 Å². The summed E-state index contributed by atoms with van der Waals surface area (Å²) in [6, 6.07) is 6.30. The molecule has 26 heavy (non-hydrogen) atoms. The molecular weight excluding hydrogens is 326 g/mol. The lowest BCUT2D eigenvalue weighted by atomic mass is 9.91. The standard InChI is InChI=1S/C21H33N3O2/c1-16-6-7-17(2)19(14-16)18(3)22-20(25)24-12-8-21(26,9-13-24)15-23-10-4-5-11-23/h6-7,14,18,26H,4-5,8-13,15H2,1-3H3,(H,22,25)/t18-/m0/s1. The summed E-state index contributed by atoms with van der Waals surface area (Å²) in [5, 5.41) is 14.0. The molecular formula is C21H33N3O2. The van der Waals surface area contributed by atoms with Crippen LogP contribution >= 0.6 is 0 Å². The summed E-state index contributed by atoms with van der Waals surface area (Å²) >= 11 is 0. The number of carbonyl (C=O) groups is 1. The first kappa shape index (κ1) is 19.2. The van der Waals surface area contributed by atoms with Crippen molar-refractivity contribution in [2.75, 3.05) is 32.7 Å². The van der Waals surface area contributed by atoms with E-state index in [4.69, 9.17) is 0 Å². The third kappa shape index (κ3) is 4.57. The first-order chi connectivity index (χ1) is 12.4. The van der Waals surface area contributed by atoms with Crippen molar-refractivity contribution < 1.29 is 9.90 Å². The lowest BCUT2D eigenvalue weighted by molar-refractivity contribution is -0.0340. The van der Waals surface area contributed by atoms with Gasteiger partial charge >= 0.3 is 6.03 Å². The molecule has 0 saturated carbocycles. The number of aliphatic hydroxyl groups is 1. The Balaban J connectivity index is 1.52. The third-order valence-electron chi connectivity index (χ3n) is 5.94. The number of carbonyl (C=O) groups excluding carboxylic acids is 1. The second-order valence-electron chi connectivity index (χ2n) is 8.23. The maximum Gasteiger partial charge on any atom is 0.317 e. The Morgan fingerprint density at radius 2 is 1.85 bits per heavy atom. The first-order valence-corrected chi connectivity index (χ1v) is 9.94. The smallest absolute Gasteiger partial charge is 0.317 e. The Kier molecular flexibility index (Phi) is 5.88. The normalized spacial score (nSPS) is 21.6. The van der Waals surface area contributed by atoms with Crippen LogP contribution in [0.15, 0.2) is 18.2 Å². The minimum atomic E-state index is -0.639. The van der Waals surface area contributed by atoms with Gasteiger partial charge in [0.2, 0.25) is 0 Å². The Bertz CT molecular complexity index is 632. The SMILES string of the molecule is Cc1ccc(C)c([C@H](C)NC(=O)N2CCC(O)(CN3CCCC3)CC2)c1. The third-order valence-corrected chi connectivity index (χ3v) is 5.94. The van der Waals surface area contributed by atoms with E-state index in [0.717, 1.165) is 19.6 Å². The van der Waals surface area contributed by atoms with Crippen LogP contribution in [0.25, 0.3) is 0 Å². The van der Waals surface area contributed by atoms with Gasteiger partial charge in [-0.25, -0.2) is 4.79 Å². The van der Waals surface area contributed by atoms with Crippen molar-refractivity contribution in [1.82, 2.24) is 15.1 Å². The van der Waals surface area contributed by atoms with Crippen molar-refractivity contribution in [3.63, 3.8) is 0 Å². The minimum absolute atomic E-state index is 0.0205. The molecule has 2 heterocycles. The molecule has 0 spiro atoms. The number of aryl methyl sites for hydroxylation is 2. The van der Waals surface area contributed by atoms with Gasteiger partial charge in [-0.15, -0.1) is 0 Å². The van der Waals surface area contributed by atoms with Gasteiger partial charge < -0.3 is 20.2 Å². The Morgan fingerprint density at radius 3 is 2.50 bits per heavy atom. The van der Waals surface area contributed by atoms with E-state index in [0.29, 0.717) is 25.9 Å². The molecule has 2 saturated heterocycles. The van der Waals surface area contributed by atoms with Crippen LogP contribution in [0.1, 0.15) is 55.3 Å². The number of likely N-dealkylation sites (tertiary alicyclic amines) is 2. The van der Waals surface area contributed by atoms with E-state index in [9.17, 15) is 9.90 Å². The van der Waals surface area contributed by atoms with Crippen LogP contribution in [-0.2, 0) is 0 Å². The summed E-state index contributed by atoms with van der Waals surface area (Å²) in [6.07, 6.45) is 3.80. The molecule has 0 unspecified atom stereocenters. The fourth-order valence-electron chi connectivity index (χ4n) is 4.22. The van der Waals surface area contributed by atoms with E-state index < -0.39 is 5.60 Å². The van der Waals surface area contributed by atoms with Crippen LogP contribution in [0.3, 0.4) is 0 Å². The minimum Gasteiger partial charge on any atom is -0.388 e. The first-order valence-electron chi connectivity index (χ1n) is 9.94. The van der Waals surface area contributed by atoms with E-state index in [1.165, 1.54) is 29.5 Å². The molecule has 2 aliphatic rings. The van der Waals surface area contributed by atoms with Crippen molar-refractivity contribution >= 4 is 6.03 Å². The Labute approximate surface area is 157 Å². The molecule has 2 N–H and O–H groups in total. The number of hydrogen-bond acceptors (Lipinski definition) is 3. The molecule has 144 valence electrons. The van der Waals surface area contributed by atoms with Gasteiger partial charge in [-0.1, -0.05) is 23.8 Å². The van der Waals surface area contributed by atoms with Gasteiger partial charge in [-0.2, -0.15) is 0 Å². The highest BCUT2D eigenvalue weighted by Crippen LogP contribution is 2.26. The van der Waals surface area contributed by atoms with Gasteiger partial charge in [0, 0.05) is 19.6 Å². The molecule has 3 rings (SSSR count). The lowest BCUT2D eigenvalue weighted by Gasteiger charge is -2.40. The molecule has 5 heteroatoms. The highest BCUT2D eigenvalue weighted by molar-refractivity contribution is 5.75. The predicted octanol–water partition coefficient (Wildman–Crippen LogP) is 3.00. The second-order valence-corrected chi connectivity index (χ2v) is 8.23. The zero-order valence-corrected chi connectivity index (χ0v) is 16.4. The van der Waals surface area contributed by atoms with Crippen LogP contribution in [-0.4, -0.2) is 59.3 Å². The molecule has 0 bridgehead atoms. The van der Waals surface area contributed by atoms with Crippen LogP contribution in [0.4, 0.5) is 4.79 Å². The van der Waals surface area contributed by atoms with Gasteiger partial charge in [0.1, 0.15) is 0 Å². The number of hydrogen-bond donors (Lipinski definition) is 2. The van der Waals surface area contributed by atoms with Crippen LogP contribution in [0.2, 0.25) is 0 Å². The van der Waals surface area contributed by atoms with Crippen LogP contribution in [0.5, 0.6) is 0 Å². The quantitative estimate of drug-likeness (QED) is 0.869. The highest BCUT2D eigenvalue weighted by atomic mass is 16.3. The molecule has 5 nitrogen and oxygen atoms in total. The van der Waals surface area contributed by atoms with Crippen molar-refractivity contribution in [2.45, 2.75) is 58.1 Å². The Hall–Kier alpha value is -1.59. The van der Waals surface area contributed by atoms with Crippen LogP contribution in [0, 0.1) is 13.8 Å². The van der Waals surface area contributed by atoms with Crippen molar-refractivity contribution in [3.8, 4) is 0 Å². The highest BCUT2D eigenvalue weighted by Gasteiger charge is 2.36. The number of nitrogens with one attached hydrogen (secondary N) is 1. The van der Waals surface area contributed by atoms with Gasteiger partial charge in [0.05, 0.1) is 11.6 Å². The number of β-amino-alcohol motifs (C(OH)–C–C–N with tert-alkyl or cyclic N) is 1. The molecule has 2 amide bonds. The molecule has 1 aromatic rings. The number of rotatable bonds is 4. The fraction of sp³-hybridized carbons (Fsp3) is 0.667. The summed E-state index contributed by atoms with van der Waals surface area (Å²) in [5.74, 6) is 0. The molecule has 2 fully saturated rings. The van der Waals surface area contributed by atoms with E-state index in [1.807, 2.05) is 11.8 Å². The molecule has 1 aromatic carbocycles. The van der Waals surface area contributed by atoms with Gasteiger partial charge in [0.25, 0.3) is 0 Å². The average molecular weight is 360 g/mol. The number of benzene rings is 1. The van der Waals surface area contributed by atoms with E-state index in [2.05, 4.69) is 42.3 Å². The van der Waals surface area contributed by atoms with Gasteiger partial charge in [-0.05, 0) is 70.7 Å². The summed E-state index contributed by atoms with van der Waals surface area (Å²) < 4.78 is 0. The largest absolute Gasteiger partial charge is 0.388 e. The monoisotopic (exact) mass is 359 g/mol. The summed E-state index contributed by atoms with van der Waals surface area (Å²) in [4.78, 5) is 16.9. The second kappa shape index (κ2) is 7.97. The molecule has 2 aliphatic heterocycles. The molecule has 0 aromatic heterocycles. The zero-order valence-electron chi connectivity index (χ0n) is 16.4. The maximum absolute atomic E-state index is 12.7. The van der Waals surface area contributed by atoms with Gasteiger partial charge in [0.15, 0.2) is 0 Å². The number of urea groups is 1. The number of amides is 2. The molecule has 0 aliphatic carbocycles. The maximum atomic E-state index is 12.7. The topological polar surface area (TPSA) is 55.8 Å². The van der Waals surface area contributed by atoms with Crippen molar-refractivity contribution in [3.05, 3.63) is 34.9 Å². The van der Waals surface area contributed by atoms with Crippen molar-refractivity contribution in [1.29, 1.82) is 0 Å². The predicted molar refractivity (Wildman–Crippen MR) is 104 cm³/mol. The zero-order chi connectivity index (χ0) is 18.7. The lowest BCUT2D eigenvalue weighted by Crippen LogP contribution is -2.53. The summed E-state index contributed by atoms with van der Waals surface area (Å²) in [6.45, 7) is 10.4. The summed E-state index contributed by atoms with van der Waals surface area (Å²) in [5.41, 5.74) is 2.93. The number of piperidine rings is 1. The fourth-order valence-corrected chi connectivity index (χ4v) is 4.22.